The van der Waals surface area contributed by atoms with Gasteiger partial charge in [0.05, 0.1) is 0 Å². The van der Waals surface area contributed by atoms with Crippen LogP contribution in [0.4, 0.5) is 0 Å². The molecule has 0 aromatic heterocycles. The summed E-state index contributed by atoms with van der Waals surface area (Å²) in [6, 6.07) is 8.53. The molecule has 0 aliphatic heterocycles. The van der Waals surface area contributed by atoms with Crippen LogP contribution in [0.25, 0.3) is 0 Å². The Labute approximate surface area is 98.0 Å². The molecule has 1 rings (SSSR count). The first-order valence-electron chi connectivity index (χ1n) is 5.71. The Hall–Kier alpha value is -0.900. The van der Waals surface area contributed by atoms with E-state index in [1.165, 1.54) is 11.1 Å². The fourth-order valence-corrected chi connectivity index (χ4v) is 1.97. The zero-order valence-corrected chi connectivity index (χ0v) is 10.4. The van der Waals surface area contributed by atoms with Crippen molar-refractivity contribution < 1.29 is 4.74 Å². The molecule has 0 heterocycles. The number of nitrogens with one attached hydrogen (secondary N) is 1. The lowest BCUT2D eigenvalue weighted by Gasteiger charge is -2.25. The molecule has 0 saturated heterocycles. The fraction of sp³-hybridized carbons (Fsp3) is 0.538. The first-order chi connectivity index (χ1) is 7.70. The Morgan fingerprint density at radius 1 is 1.38 bits per heavy atom. The molecule has 0 aliphatic carbocycles. The first-order valence-corrected chi connectivity index (χ1v) is 5.71. The maximum Gasteiger partial charge on any atom is 0.0488 e. The number of benzene rings is 1. The summed E-state index contributed by atoms with van der Waals surface area (Å²) in [5, 5.41) is 0. The molecule has 1 aromatic rings. The second-order valence-corrected chi connectivity index (χ2v) is 4.26. The van der Waals surface area contributed by atoms with Crippen LogP contribution < -0.4 is 11.3 Å². The normalized spacial score (nSPS) is 14.8. The summed E-state index contributed by atoms with van der Waals surface area (Å²) in [6.07, 6.45) is 1.000. The number of rotatable bonds is 6. The van der Waals surface area contributed by atoms with E-state index in [0.717, 1.165) is 13.0 Å². The van der Waals surface area contributed by atoms with E-state index in [9.17, 15) is 0 Å². The number of aryl methyl sites for hydroxylation is 1. The molecule has 2 unspecified atom stereocenters. The van der Waals surface area contributed by atoms with Crippen molar-refractivity contribution >= 4 is 0 Å². The molecule has 0 saturated carbocycles. The van der Waals surface area contributed by atoms with Crippen LogP contribution in [0, 0.1) is 12.8 Å². The molecule has 3 N–H and O–H groups in total. The van der Waals surface area contributed by atoms with Gasteiger partial charge in [0.1, 0.15) is 0 Å². The average Bonchev–Trinajstić information content (AvgIpc) is 2.30. The SMILES string of the molecule is COCCC(C)C(NN)c1ccccc1C. The maximum atomic E-state index is 5.66. The molecule has 1 aromatic carbocycles. The van der Waals surface area contributed by atoms with E-state index in [4.69, 9.17) is 10.6 Å². The zero-order chi connectivity index (χ0) is 12.0. The number of hydrazine groups is 1. The summed E-state index contributed by atoms with van der Waals surface area (Å²) in [7, 11) is 1.73. The average molecular weight is 222 g/mol. The lowest BCUT2D eigenvalue weighted by atomic mass is 9.90. The van der Waals surface area contributed by atoms with Crippen molar-refractivity contribution in [2.75, 3.05) is 13.7 Å². The van der Waals surface area contributed by atoms with Crippen LogP contribution in [-0.4, -0.2) is 13.7 Å². The predicted molar refractivity (Wildman–Crippen MR) is 66.9 cm³/mol. The van der Waals surface area contributed by atoms with Gasteiger partial charge in [-0.3, -0.25) is 11.3 Å². The van der Waals surface area contributed by atoms with Crippen molar-refractivity contribution in [1.82, 2.24) is 5.43 Å². The molecule has 0 aliphatic rings. The molecule has 0 fully saturated rings. The van der Waals surface area contributed by atoms with E-state index in [1.54, 1.807) is 7.11 Å². The van der Waals surface area contributed by atoms with Crippen molar-refractivity contribution in [3.63, 3.8) is 0 Å². The monoisotopic (exact) mass is 222 g/mol. The highest BCUT2D eigenvalue weighted by atomic mass is 16.5. The van der Waals surface area contributed by atoms with E-state index < -0.39 is 0 Å². The smallest absolute Gasteiger partial charge is 0.0488 e. The highest BCUT2D eigenvalue weighted by molar-refractivity contribution is 5.29. The van der Waals surface area contributed by atoms with Crippen molar-refractivity contribution in [3.05, 3.63) is 35.4 Å². The van der Waals surface area contributed by atoms with Gasteiger partial charge < -0.3 is 4.74 Å². The fourth-order valence-electron chi connectivity index (χ4n) is 1.97. The highest BCUT2D eigenvalue weighted by Crippen LogP contribution is 2.26. The molecule has 0 spiro atoms. The van der Waals surface area contributed by atoms with E-state index in [2.05, 4.69) is 37.5 Å². The molecule has 3 nitrogen and oxygen atoms in total. The Kier molecular flexibility index (Phi) is 5.46. The maximum absolute atomic E-state index is 5.66. The van der Waals surface area contributed by atoms with Crippen LogP contribution in [0.15, 0.2) is 24.3 Å². The van der Waals surface area contributed by atoms with Gasteiger partial charge in [-0.2, -0.15) is 0 Å². The van der Waals surface area contributed by atoms with Gasteiger partial charge >= 0.3 is 0 Å². The first kappa shape index (κ1) is 13.2. The minimum atomic E-state index is 0.191. The van der Waals surface area contributed by atoms with Crippen LogP contribution in [0.1, 0.15) is 30.5 Å². The molecule has 0 bridgehead atoms. The Morgan fingerprint density at radius 3 is 2.62 bits per heavy atom. The predicted octanol–water partition coefficient (Wildman–Crippen LogP) is 2.17. The van der Waals surface area contributed by atoms with E-state index >= 15 is 0 Å². The molecule has 3 heteroatoms. The summed E-state index contributed by atoms with van der Waals surface area (Å²) in [4.78, 5) is 0. The highest BCUT2D eigenvalue weighted by Gasteiger charge is 2.18. The minimum absolute atomic E-state index is 0.191. The van der Waals surface area contributed by atoms with Crippen LogP contribution in [0.2, 0.25) is 0 Å². The molecule has 0 amide bonds. The number of ether oxygens (including phenoxy) is 1. The van der Waals surface area contributed by atoms with Gasteiger partial charge in [-0.25, -0.2) is 0 Å². The quantitative estimate of drug-likeness (QED) is 0.573. The number of nitrogens with two attached hydrogens (primary N) is 1. The van der Waals surface area contributed by atoms with Crippen molar-refractivity contribution in [3.8, 4) is 0 Å². The lowest BCUT2D eigenvalue weighted by Crippen LogP contribution is -2.33. The Bertz CT molecular complexity index is 315. The summed E-state index contributed by atoms with van der Waals surface area (Å²) in [6.45, 7) is 5.07. The van der Waals surface area contributed by atoms with Crippen LogP contribution in [-0.2, 0) is 4.74 Å². The summed E-state index contributed by atoms with van der Waals surface area (Å²) >= 11 is 0. The van der Waals surface area contributed by atoms with Gasteiger partial charge in [-0.05, 0) is 30.4 Å². The molecule has 16 heavy (non-hydrogen) atoms. The van der Waals surface area contributed by atoms with Crippen molar-refractivity contribution in [2.24, 2.45) is 11.8 Å². The van der Waals surface area contributed by atoms with E-state index in [1.807, 2.05) is 6.07 Å². The van der Waals surface area contributed by atoms with Crippen molar-refractivity contribution in [2.45, 2.75) is 26.3 Å². The van der Waals surface area contributed by atoms with E-state index in [-0.39, 0.29) is 6.04 Å². The van der Waals surface area contributed by atoms with Gasteiger partial charge in [0.25, 0.3) is 0 Å². The Balaban J connectivity index is 2.77. The standard InChI is InChI=1S/C13H22N2O/c1-10-6-4-5-7-12(10)13(15-14)11(2)8-9-16-3/h4-7,11,13,15H,8-9,14H2,1-3H3. The zero-order valence-electron chi connectivity index (χ0n) is 10.4. The molecular weight excluding hydrogens is 200 g/mol. The van der Waals surface area contributed by atoms with Gasteiger partial charge in [0.15, 0.2) is 0 Å². The second kappa shape index (κ2) is 6.63. The number of hydrogen-bond acceptors (Lipinski definition) is 3. The molecular formula is C13H22N2O. The van der Waals surface area contributed by atoms with Crippen LogP contribution >= 0.6 is 0 Å². The molecule has 0 radical (unpaired) electrons. The number of methoxy groups -OCH3 is 1. The largest absolute Gasteiger partial charge is 0.385 e. The van der Waals surface area contributed by atoms with Gasteiger partial charge in [-0.1, -0.05) is 31.2 Å². The summed E-state index contributed by atoms with van der Waals surface area (Å²) in [5.74, 6) is 6.11. The molecule has 90 valence electrons. The topological polar surface area (TPSA) is 47.3 Å². The lowest BCUT2D eigenvalue weighted by molar-refractivity contribution is 0.170. The van der Waals surface area contributed by atoms with E-state index in [0.29, 0.717) is 5.92 Å². The summed E-state index contributed by atoms with van der Waals surface area (Å²) < 4.78 is 5.10. The van der Waals surface area contributed by atoms with Gasteiger partial charge in [0, 0.05) is 19.8 Å². The minimum Gasteiger partial charge on any atom is -0.385 e. The summed E-state index contributed by atoms with van der Waals surface area (Å²) in [5.41, 5.74) is 5.46. The van der Waals surface area contributed by atoms with Crippen molar-refractivity contribution in [1.29, 1.82) is 0 Å². The Morgan fingerprint density at radius 2 is 2.06 bits per heavy atom. The molecule has 2 atom stereocenters. The van der Waals surface area contributed by atoms with Crippen LogP contribution in [0.3, 0.4) is 0 Å². The van der Waals surface area contributed by atoms with Gasteiger partial charge in [0.2, 0.25) is 0 Å². The third-order valence-electron chi connectivity index (χ3n) is 3.05. The second-order valence-electron chi connectivity index (χ2n) is 4.26. The van der Waals surface area contributed by atoms with Crippen LogP contribution in [0.5, 0.6) is 0 Å². The third kappa shape index (κ3) is 3.30. The third-order valence-corrected chi connectivity index (χ3v) is 3.05. The number of hydrogen-bond donors (Lipinski definition) is 2. The van der Waals surface area contributed by atoms with Gasteiger partial charge in [-0.15, -0.1) is 0 Å².